The van der Waals surface area contributed by atoms with Crippen molar-refractivity contribution in [1.29, 1.82) is 0 Å². The first-order chi connectivity index (χ1) is 8.60. The third-order valence-electron chi connectivity index (χ3n) is 2.54. The van der Waals surface area contributed by atoms with Crippen molar-refractivity contribution in [3.05, 3.63) is 28.8 Å². The predicted octanol–water partition coefficient (Wildman–Crippen LogP) is 2.89. The highest BCUT2D eigenvalue weighted by molar-refractivity contribution is 5.95. The Bertz CT molecular complexity index is 524. The van der Waals surface area contributed by atoms with E-state index in [1.54, 1.807) is 13.8 Å². The van der Waals surface area contributed by atoms with Crippen LogP contribution in [0.25, 0.3) is 0 Å². The van der Waals surface area contributed by atoms with Gasteiger partial charge in [0.1, 0.15) is 6.42 Å². The standard InChI is InChI=1S/C12H12F3NO3/c1-6-3-8(4-9(7(6)2)11(18)19)16-10(17)5-12(13,14)15/h3-4H,5H2,1-2H3,(H,16,17)(H,18,19). The number of halogens is 3. The highest BCUT2D eigenvalue weighted by Crippen LogP contribution is 2.23. The highest BCUT2D eigenvalue weighted by atomic mass is 19.4. The number of hydrogen-bond acceptors (Lipinski definition) is 2. The number of aromatic carboxylic acids is 1. The monoisotopic (exact) mass is 275 g/mol. The molecule has 0 fully saturated rings. The molecule has 1 rings (SSSR count). The van der Waals surface area contributed by atoms with Crippen LogP contribution in [-0.2, 0) is 4.79 Å². The zero-order valence-corrected chi connectivity index (χ0v) is 10.3. The maximum atomic E-state index is 12.0. The lowest BCUT2D eigenvalue weighted by molar-refractivity contribution is -0.150. The Labute approximate surface area is 107 Å². The van der Waals surface area contributed by atoms with Gasteiger partial charge < -0.3 is 10.4 Å². The summed E-state index contributed by atoms with van der Waals surface area (Å²) in [5.41, 5.74) is 1.06. The third kappa shape index (κ3) is 4.27. The molecule has 0 aliphatic heterocycles. The summed E-state index contributed by atoms with van der Waals surface area (Å²) in [6, 6.07) is 2.56. The smallest absolute Gasteiger partial charge is 0.397 e. The lowest BCUT2D eigenvalue weighted by Gasteiger charge is -2.11. The van der Waals surface area contributed by atoms with Crippen LogP contribution in [0.4, 0.5) is 18.9 Å². The molecule has 0 saturated heterocycles. The van der Waals surface area contributed by atoms with Gasteiger partial charge in [-0.2, -0.15) is 13.2 Å². The summed E-state index contributed by atoms with van der Waals surface area (Å²) in [5.74, 6) is -2.43. The minimum atomic E-state index is -4.60. The Morgan fingerprint density at radius 1 is 1.26 bits per heavy atom. The fourth-order valence-electron chi connectivity index (χ4n) is 1.54. The zero-order chi connectivity index (χ0) is 14.8. The molecule has 4 nitrogen and oxygen atoms in total. The maximum absolute atomic E-state index is 12.0. The van der Waals surface area contributed by atoms with Crippen LogP contribution in [0.5, 0.6) is 0 Å². The third-order valence-corrected chi connectivity index (χ3v) is 2.54. The average Bonchev–Trinajstić information content (AvgIpc) is 2.19. The number of rotatable bonds is 3. The number of carboxylic acid groups (broad SMARTS) is 1. The molecule has 19 heavy (non-hydrogen) atoms. The van der Waals surface area contributed by atoms with Crippen LogP contribution in [-0.4, -0.2) is 23.2 Å². The second-order valence-corrected chi connectivity index (χ2v) is 4.11. The fourth-order valence-corrected chi connectivity index (χ4v) is 1.54. The second kappa shape index (κ2) is 5.29. The van der Waals surface area contributed by atoms with E-state index in [4.69, 9.17) is 5.11 Å². The largest absolute Gasteiger partial charge is 0.478 e. The normalized spacial score (nSPS) is 11.2. The van der Waals surface area contributed by atoms with Crippen molar-refractivity contribution in [2.45, 2.75) is 26.4 Å². The molecule has 0 aliphatic rings. The van der Waals surface area contributed by atoms with E-state index in [1.165, 1.54) is 6.07 Å². The number of amides is 1. The number of anilines is 1. The SMILES string of the molecule is Cc1cc(NC(=O)CC(F)(F)F)cc(C(=O)O)c1C. The molecule has 0 bridgehead atoms. The van der Waals surface area contributed by atoms with E-state index in [0.29, 0.717) is 11.1 Å². The number of nitrogens with one attached hydrogen (secondary N) is 1. The molecule has 1 amide bonds. The van der Waals surface area contributed by atoms with E-state index in [2.05, 4.69) is 0 Å². The Balaban J connectivity index is 2.97. The van der Waals surface area contributed by atoms with Crippen molar-refractivity contribution in [2.24, 2.45) is 0 Å². The van der Waals surface area contributed by atoms with E-state index in [9.17, 15) is 22.8 Å². The van der Waals surface area contributed by atoms with Gasteiger partial charge in [-0.3, -0.25) is 4.79 Å². The van der Waals surface area contributed by atoms with Gasteiger partial charge in [-0.1, -0.05) is 0 Å². The molecule has 0 atom stereocenters. The quantitative estimate of drug-likeness (QED) is 0.891. The van der Waals surface area contributed by atoms with Crippen LogP contribution >= 0.6 is 0 Å². The van der Waals surface area contributed by atoms with Crippen molar-refractivity contribution >= 4 is 17.6 Å². The van der Waals surface area contributed by atoms with Crippen LogP contribution in [0.2, 0.25) is 0 Å². The first-order valence-electron chi connectivity index (χ1n) is 5.31. The van der Waals surface area contributed by atoms with Crippen LogP contribution in [0.3, 0.4) is 0 Å². The number of carbonyl (C=O) groups is 2. The lowest BCUT2D eigenvalue weighted by atomic mass is 10.0. The maximum Gasteiger partial charge on any atom is 0.397 e. The van der Waals surface area contributed by atoms with Crippen LogP contribution in [0.15, 0.2) is 12.1 Å². The van der Waals surface area contributed by atoms with E-state index in [0.717, 1.165) is 6.07 Å². The molecule has 7 heteroatoms. The number of carbonyl (C=O) groups excluding carboxylic acids is 1. The van der Waals surface area contributed by atoms with Gasteiger partial charge in [0.05, 0.1) is 5.56 Å². The molecule has 0 aliphatic carbocycles. The molecule has 1 aromatic carbocycles. The van der Waals surface area contributed by atoms with Crippen LogP contribution in [0, 0.1) is 13.8 Å². The Kier molecular flexibility index (Phi) is 4.18. The van der Waals surface area contributed by atoms with Crippen LogP contribution in [0.1, 0.15) is 27.9 Å². The Hall–Kier alpha value is -2.05. The molecule has 0 spiro atoms. The summed E-state index contributed by atoms with van der Waals surface area (Å²) >= 11 is 0. The molecule has 2 N–H and O–H groups in total. The van der Waals surface area contributed by atoms with Gasteiger partial charge in [-0.15, -0.1) is 0 Å². The minimum absolute atomic E-state index is 0.0368. The summed E-state index contributed by atoms with van der Waals surface area (Å²) in [4.78, 5) is 22.1. The van der Waals surface area contributed by atoms with E-state index in [-0.39, 0.29) is 11.3 Å². The summed E-state index contributed by atoms with van der Waals surface area (Å²) in [5, 5.41) is 11.0. The zero-order valence-electron chi connectivity index (χ0n) is 10.3. The number of alkyl halides is 3. The first kappa shape index (κ1) is 15.0. The molecule has 0 radical (unpaired) electrons. The Morgan fingerprint density at radius 2 is 1.84 bits per heavy atom. The number of hydrogen-bond donors (Lipinski definition) is 2. The van der Waals surface area contributed by atoms with Gasteiger partial charge in [0, 0.05) is 5.69 Å². The summed E-state index contributed by atoms with van der Waals surface area (Å²) in [7, 11) is 0. The summed E-state index contributed by atoms with van der Waals surface area (Å²) in [6.07, 6.45) is -6.21. The van der Waals surface area contributed by atoms with Crippen molar-refractivity contribution in [2.75, 3.05) is 5.32 Å². The Morgan fingerprint density at radius 3 is 2.32 bits per heavy atom. The number of carboxylic acids is 1. The molecule has 0 saturated carbocycles. The molecular formula is C12H12F3NO3. The molecule has 1 aromatic rings. The van der Waals surface area contributed by atoms with Crippen molar-refractivity contribution in [3.63, 3.8) is 0 Å². The number of aryl methyl sites for hydroxylation is 1. The van der Waals surface area contributed by atoms with Gasteiger partial charge >= 0.3 is 12.1 Å². The van der Waals surface area contributed by atoms with Gasteiger partial charge in [-0.25, -0.2) is 4.79 Å². The minimum Gasteiger partial charge on any atom is -0.478 e. The van der Waals surface area contributed by atoms with Gasteiger partial charge in [0.25, 0.3) is 0 Å². The van der Waals surface area contributed by atoms with Crippen molar-refractivity contribution in [1.82, 2.24) is 0 Å². The lowest BCUT2D eigenvalue weighted by Crippen LogP contribution is -2.21. The van der Waals surface area contributed by atoms with E-state index in [1.807, 2.05) is 5.32 Å². The van der Waals surface area contributed by atoms with E-state index < -0.39 is 24.5 Å². The predicted molar refractivity (Wildman–Crippen MR) is 62.2 cm³/mol. The highest BCUT2D eigenvalue weighted by Gasteiger charge is 2.31. The summed E-state index contributed by atoms with van der Waals surface area (Å²) < 4.78 is 36.0. The van der Waals surface area contributed by atoms with Gasteiger partial charge in [-0.05, 0) is 37.1 Å². The molecular weight excluding hydrogens is 263 g/mol. The topological polar surface area (TPSA) is 66.4 Å². The fraction of sp³-hybridized carbons (Fsp3) is 0.333. The van der Waals surface area contributed by atoms with Gasteiger partial charge in [0.15, 0.2) is 0 Å². The van der Waals surface area contributed by atoms with Gasteiger partial charge in [0.2, 0.25) is 5.91 Å². The molecule has 104 valence electrons. The van der Waals surface area contributed by atoms with Crippen molar-refractivity contribution < 1.29 is 27.9 Å². The molecule has 0 unspecified atom stereocenters. The number of benzene rings is 1. The first-order valence-corrected chi connectivity index (χ1v) is 5.31. The van der Waals surface area contributed by atoms with Crippen molar-refractivity contribution in [3.8, 4) is 0 Å². The molecule has 0 aromatic heterocycles. The molecule has 0 heterocycles. The van der Waals surface area contributed by atoms with E-state index >= 15 is 0 Å². The van der Waals surface area contributed by atoms with Crippen LogP contribution < -0.4 is 5.32 Å². The summed E-state index contributed by atoms with van der Waals surface area (Å²) in [6.45, 7) is 3.20. The second-order valence-electron chi connectivity index (χ2n) is 4.11. The average molecular weight is 275 g/mol.